The maximum absolute atomic E-state index is 11.7. The topological polar surface area (TPSA) is 86.7 Å². The Kier molecular flexibility index (Phi) is 6.01. The molecule has 1 aliphatic rings. The molecule has 0 spiro atoms. The van der Waals surface area contributed by atoms with Crippen LogP contribution in [0.25, 0.3) is 0 Å². The molecule has 0 aromatic carbocycles. The molecule has 2 atom stereocenters. The molecule has 0 aliphatic heterocycles. The highest BCUT2D eigenvalue weighted by atomic mass is 32.2. The molecule has 6 nitrogen and oxygen atoms in total. The molecule has 0 aromatic rings. The molecule has 120 valence electrons. The minimum Gasteiger partial charge on any atom is -0.266 e. The third-order valence-electron chi connectivity index (χ3n) is 3.27. The maximum Gasteiger partial charge on any atom is 0.269 e. The van der Waals surface area contributed by atoms with E-state index in [1.807, 2.05) is 0 Å². The average molecular weight is 328 g/mol. The number of rotatable bonds is 6. The van der Waals surface area contributed by atoms with Crippen molar-refractivity contribution < 1.29 is 25.2 Å². The van der Waals surface area contributed by atoms with Crippen LogP contribution in [0.15, 0.2) is 0 Å². The molecule has 0 saturated heterocycles. The Morgan fingerprint density at radius 3 is 1.45 bits per heavy atom. The van der Waals surface area contributed by atoms with E-state index < -0.39 is 42.9 Å². The van der Waals surface area contributed by atoms with Gasteiger partial charge in [0.25, 0.3) is 20.2 Å². The Bertz CT molecular complexity index is 460. The fourth-order valence-corrected chi connectivity index (χ4v) is 3.43. The fraction of sp³-hybridized carbons (Fsp3) is 1.00. The molecule has 0 heterocycles. The van der Waals surface area contributed by atoms with Gasteiger partial charge in [0.05, 0.1) is 22.7 Å². The summed E-state index contributed by atoms with van der Waals surface area (Å²) in [6.45, 7) is 6.20. The highest BCUT2D eigenvalue weighted by Gasteiger charge is 2.32. The third-order valence-corrected chi connectivity index (χ3v) is 6.66. The lowest BCUT2D eigenvalue weighted by atomic mass is 9.95. The van der Waals surface area contributed by atoms with Crippen LogP contribution in [0.2, 0.25) is 0 Å². The van der Waals surface area contributed by atoms with Crippen LogP contribution in [-0.2, 0) is 28.6 Å². The molecule has 0 N–H and O–H groups in total. The first-order valence-corrected chi connectivity index (χ1v) is 9.83. The van der Waals surface area contributed by atoms with Gasteiger partial charge in [-0.2, -0.15) is 16.8 Å². The SMILES string of the molecule is CC(C)S(=O)(=O)OC1CCCC(OS(=O)(=O)C(C)C)C1. The fourth-order valence-electron chi connectivity index (χ4n) is 1.88. The summed E-state index contributed by atoms with van der Waals surface area (Å²) in [5, 5.41) is -1.22. The molecule has 20 heavy (non-hydrogen) atoms. The first-order valence-electron chi connectivity index (χ1n) is 6.89. The molecular weight excluding hydrogens is 304 g/mol. The van der Waals surface area contributed by atoms with Gasteiger partial charge in [0.15, 0.2) is 0 Å². The van der Waals surface area contributed by atoms with Gasteiger partial charge in [-0.1, -0.05) is 0 Å². The molecule has 0 aromatic heterocycles. The van der Waals surface area contributed by atoms with E-state index in [0.29, 0.717) is 19.3 Å². The van der Waals surface area contributed by atoms with E-state index in [1.54, 1.807) is 27.7 Å². The summed E-state index contributed by atoms with van der Waals surface area (Å²) in [6, 6.07) is 0. The Morgan fingerprint density at radius 1 is 0.800 bits per heavy atom. The summed E-state index contributed by atoms with van der Waals surface area (Å²) in [4.78, 5) is 0. The molecular formula is C12H24O6S2. The predicted octanol–water partition coefficient (Wildman–Crippen LogP) is 1.81. The largest absolute Gasteiger partial charge is 0.269 e. The van der Waals surface area contributed by atoms with Gasteiger partial charge in [-0.3, -0.25) is 8.37 Å². The van der Waals surface area contributed by atoms with Crippen molar-refractivity contribution >= 4 is 20.2 Å². The van der Waals surface area contributed by atoms with Gasteiger partial charge in [0, 0.05) is 6.42 Å². The lowest BCUT2D eigenvalue weighted by Gasteiger charge is -2.29. The van der Waals surface area contributed by atoms with Crippen molar-refractivity contribution in [2.24, 2.45) is 0 Å². The van der Waals surface area contributed by atoms with E-state index in [4.69, 9.17) is 8.37 Å². The minimum atomic E-state index is -3.59. The number of hydrogen-bond donors (Lipinski definition) is 0. The summed E-state index contributed by atoms with van der Waals surface area (Å²) in [6.07, 6.45) is 1.20. The molecule has 8 heteroatoms. The second-order valence-corrected chi connectivity index (χ2v) is 9.93. The van der Waals surface area contributed by atoms with Gasteiger partial charge in [0.1, 0.15) is 0 Å². The van der Waals surface area contributed by atoms with Crippen molar-refractivity contribution in [2.75, 3.05) is 0 Å². The van der Waals surface area contributed by atoms with E-state index in [0.717, 1.165) is 0 Å². The van der Waals surface area contributed by atoms with Gasteiger partial charge in [-0.25, -0.2) is 0 Å². The molecule has 0 radical (unpaired) electrons. The van der Waals surface area contributed by atoms with Crippen LogP contribution in [0, 0.1) is 0 Å². The smallest absolute Gasteiger partial charge is 0.266 e. The zero-order valence-corrected chi connectivity index (χ0v) is 14.0. The molecule has 0 bridgehead atoms. The van der Waals surface area contributed by atoms with E-state index in [2.05, 4.69) is 0 Å². The van der Waals surface area contributed by atoms with Crippen LogP contribution in [0.5, 0.6) is 0 Å². The van der Waals surface area contributed by atoms with Gasteiger partial charge >= 0.3 is 0 Å². The molecule has 1 aliphatic carbocycles. The first kappa shape index (κ1) is 17.9. The van der Waals surface area contributed by atoms with Crippen molar-refractivity contribution in [3.63, 3.8) is 0 Å². The maximum atomic E-state index is 11.7. The van der Waals surface area contributed by atoms with E-state index in [9.17, 15) is 16.8 Å². The summed E-state index contributed by atoms with van der Waals surface area (Å²) in [5.41, 5.74) is 0. The van der Waals surface area contributed by atoms with Crippen molar-refractivity contribution in [1.29, 1.82) is 0 Å². The zero-order chi connectivity index (χ0) is 15.6. The zero-order valence-electron chi connectivity index (χ0n) is 12.4. The summed E-state index contributed by atoms with van der Waals surface area (Å²) in [7, 11) is -7.17. The Balaban J connectivity index is 2.64. The molecule has 0 amide bonds. The van der Waals surface area contributed by atoms with Crippen molar-refractivity contribution in [1.82, 2.24) is 0 Å². The quantitative estimate of drug-likeness (QED) is 0.691. The molecule has 2 unspecified atom stereocenters. The highest BCUT2D eigenvalue weighted by Crippen LogP contribution is 2.27. The lowest BCUT2D eigenvalue weighted by Crippen LogP contribution is -2.34. The molecule has 1 saturated carbocycles. The predicted molar refractivity (Wildman–Crippen MR) is 76.3 cm³/mol. The van der Waals surface area contributed by atoms with Gasteiger partial charge in [-0.05, 0) is 47.0 Å². The van der Waals surface area contributed by atoms with Gasteiger partial charge in [-0.15, -0.1) is 0 Å². The second kappa shape index (κ2) is 6.72. The van der Waals surface area contributed by atoms with E-state index in [-0.39, 0.29) is 6.42 Å². The van der Waals surface area contributed by atoms with Crippen LogP contribution in [0.4, 0.5) is 0 Å². The summed E-state index contributed by atoms with van der Waals surface area (Å²) in [5.74, 6) is 0. The van der Waals surface area contributed by atoms with Crippen molar-refractivity contribution in [3.8, 4) is 0 Å². The molecule has 1 rings (SSSR count). The number of hydrogen-bond acceptors (Lipinski definition) is 6. The first-order chi connectivity index (χ1) is 9.04. The average Bonchev–Trinajstić information content (AvgIpc) is 2.27. The highest BCUT2D eigenvalue weighted by molar-refractivity contribution is 7.87. The Hall–Kier alpha value is -0.180. The van der Waals surface area contributed by atoms with Crippen molar-refractivity contribution in [3.05, 3.63) is 0 Å². The molecule has 1 fully saturated rings. The Labute approximate surface area is 122 Å². The van der Waals surface area contributed by atoms with Crippen LogP contribution in [0.3, 0.4) is 0 Å². The lowest BCUT2D eigenvalue weighted by molar-refractivity contribution is 0.0747. The van der Waals surface area contributed by atoms with Crippen LogP contribution < -0.4 is 0 Å². The standard InChI is InChI=1S/C12H24O6S2/c1-9(2)19(13,14)17-11-6-5-7-12(8-11)18-20(15,16)10(3)4/h9-12H,5-8H2,1-4H3. The second-order valence-electron chi connectivity index (χ2n) is 5.69. The van der Waals surface area contributed by atoms with Crippen LogP contribution >= 0.6 is 0 Å². The van der Waals surface area contributed by atoms with Crippen molar-refractivity contribution in [2.45, 2.75) is 76.1 Å². The summed E-state index contributed by atoms with van der Waals surface area (Å²) >= 11 is 0. The Morgan fingerprint density at radius 2 is 1.15 bits per heavy atom. The minimum absolute atomic E-state index is 0.290. The third kappa shape index (κ3) is 4.98. The van der Waals surface area contributed by atoms with E-state index in [1.165, 1.54) is 0 Å². The monoisotopic (exact) mass is 328 g/mol. The normalized spacial score (nSPS) is 25.3. The van der Waals surface area contributed by atoms with E-state index >= 15 is 0 Å². The summed E-state index contributed by atoms with van der Waals surface area (Å²) < 4.78 is 57.2. The van der Waals surface area contributed by atoms with Crippen LogP contribution in [0.1, 0.15) is 53.4 Å². The van der Waals surface area contributed by atoms with Gasteiger partial charge < -0.3 is 0 Å². The van der Waals surface area contributed by atoms with Gasteiger partial charge in [0.2, 0.25) is 0 Å². The van der Waals surface area contributed by atoms with Crippen LogP contribution in [-0.4, -0.2) is 39.5 Å².